The number of aryl methyl sites for hydroxylation is 1. The molecule has 0 aliphatic carbocycles. The standard InChI is InChI=1S/C13H12FIN2/c1-8-7-9(16)5-6-11(8)17-12-4-2-3-10(14)13(12)15/h2-7,17H,16H2,1H3. The van der Waals surface area contributed by atoms with E-state index in [1.54, 1.807) is 6.07 Å². The molecule has 4 heteroatoms. The third kappa shape index (κ3) is 2.69. The average molecular weight is 342 g/mol. The van der Waals surface area contributed by atoms with Gasteiger partial charge in [-0.05, 0) is 65.4 Å². The van der Waals surface area contributed by atoms with Gasteiger partial charge in [0.05, 0.1) is 9.26 Å². The molecule has 88 valence electrons. The van der Waals surface area contributed by atoms with Crippen molar-refractivity contribution in [2.24, 2.45) is 0 Å². The number of anilines is 3. The lowest BCUT2D eigenvalue weighted by molar-refractivity contribution is 0.621. The highest BCUT2D eigenvalue weighted by Crippen LogP contribution is 2.27. The molecule has 0 atom stereocenters. The zero-order chi connectivity index (χ0) is 12.4. The summed E-state index contributed by atoms with van der Waals surface area (Å²) in [5.41, 5.74) is 9.14. The number of nitrogens with one attached hydrogen (secondary N) is 1. The summed E-state index contributed by atoms with van der Waals surface area (Å²) < 4.78 is 14.0. The molecule has 3 N–H and O–H groups in total. The molecule has 17 heavy (non-hydrogen) atoms. The first kappa shape index (κ1) is 12.2. The van der Waals surface area contributed by atoms with Crippen LogP contribution in [0.4, 0.5) is 21.5 Å². The lowest BCUT2D eigenvalue weighted by Crippen LogP contribution is -1.97. The van der Waals surface area contributed by atoms with Crippen LogP contribution in [0.3, 0.4) is 0 Å². The fraction of sp³-hybridized carbons (Fsp3) is 0.0769. The first-order valence-electron chi connectivity index (χ1n) is 5.15. The van der Waals surface area contributed by atoms with Crippen molar-refractivity contribution in [1.82, 2.24) is 0 Å². The zero-order valence-electron chi connectivity index (χ0n) is 9.30. The van der Waals surface area contributed by atoms with E-state index in [2.05, 4.69) is 5.32 Å². The Morgan fingerprint density at radius 1 is 1.18 bits per heavy atom. The van der Waals surface area contributed by atoms with Gasteiger partial charge in [0.25, 0.3) is 0 Å². The molecular formula is C13H12FIN2. The van der Waals surface area contributed by atoms with Gasteiger partial charge in [0.1, 0.15) is 5.82 Å². The number of hydrogen-bond acceptors (Lipinski definition) is 2. The lowest BCUT2D eigenvalue weighted by Gasteiger charge is -2.12. The predicted octanol–water partition coefficient (Wildman–Crippen LogP) is 4.06. The molecule has 2 aromatic carbocycles. The number of benzene rings is 2. The number of rotatable bonds is 2. The van der Waals surface area contributed by atoms with Gasteiger partial charge in [-0.1, -0.05) is 6.07 Å². The van der Waals surface area contributed by atoms with E-state index in [0.29, 0.717) is 3.57 Å². The van der Waals surface area contributed by atoms with Crippen LogP contribution in [0.5, 0.6) is 0 Å². The van der Waals surface area contributed by atoms with E-state index in [0.717, 1.165) is 22.6 Å². The van der Waals surface area contributed by atoms with E-state index in [1.165, 1.54) is 6.07 Å². The molecule has 0 saturated carbocycles. The highest BCUT2D eigenvalue weighted by atomic mass is 127. The molecule has 0 aliphatic rings. The molecule has 0 radical (unpaired) electrons. The molecule has 0 heterocycles. The second kappa shape index (κ2) is 4.91. The van der Waals surface area contributed by atoms with Gasteiger partial charge in [0.2, 0.25) is 0 Å². The average Bonchev–Trinajstić information content (AvgIpc) is 2.28. The van der Waals surface area contributed by atoms with Crippen LogP contribution < -0.4 is 11.1 Å². The van der Waals surface area contributed by atoms with E-state index in [1.807, 2.05) is 53.8 Å². The molecule has 2 nitrogen and oxygen atoms in total. The minimum atomic E-state index is -0.219. The maximum Gasteiger partial charge on any atom is 0.138 e. The molecule has 2 rings (SSSR count). The highest BCUT2D eigenvalue weighted by Gasteiger charge is 2.06. The van der Waals surface area contributed by atoms with Crippen molar-refractivity contribution in [3.8, 4) is 0 Å². The maximum atomic E-state index is 13.4. The van der Waals surface area contributed by atoms with Crippen LogP contribution in [0.2, 0.25) is 0 Å². The monoisotopic (exact) mass is 342 g/mol. The Kier molecular flexibility index (Phi) is 3.51. The zero-order valence-corrected chi connectivity index (χ0v) is 11.5. The topological polar surface area (TPSA) is 38.0 Å². The summed E-state index contributed by atoms with van der Waals surface area (Å²) in [5.74, 6) is -0.219. The van der Waals surface area contributed by atoms with Crippen molar-refractivity contribution in [3.05, 3.63) is 51.3 Å². The molecule has 0 aromatic heterocycles. The number of nitrogens with two attached hydrogens (primary N) is 1. The van der Waals surface area contributed by atoms with Gasteiger partial charge in [-0.25, -0.2) is 4.39 Å². The molecule has 0 aliphatic heterocycles. The van der Waals surface area contributed by atoms with Gasteiger partial charge in [0, 0.05) is 11.4 Å². The first-order chi connectivity index (χ1) is 8.08. The SMILES string of the molecule is Cc1cc(N)ccc1Nc1cccc(F)c1I. The molecule has 0 unspecified atom stereocenters. The third-order valence-corrected chi connectivity index (χ3v) is 3.57. The second-order valence-corrected chi connectivity index (χ2v) is 4.88. The Morgan fingerprint density at radius 3 is 2.65 bits per heavy atom. The molecular weight excluding hydrogens is 330 g/mol. The van der Waals surface area contributed by atoms with Gasteiger partial charge in [-0.3, -0.25) is 0 Å². The first-order valence-corrected chi connectivity index (χ1v) is 6.23. The van der Waals surface area contributed by atoms with Crippen LogP contribution in [0.15, 0.2) is 36.4 Å². The van der Waals surface area contributed by atoms with E-state index in [9.17, 15) is 4.39 Å². The maximum absolute atomic E-state index is 13.4. The molecule has 0 spiro atoms. The van der Waals surface area contributed by atoms with Crippen LogP contribution in [0.25, 0.3) is 0 Å². The second-order valence-electron chi connectivity index (χ2n) is 3.80. The summed E-state index contributed by atoms with van der Waals surface area (Å²) in [6.07, 6.45) is 0. The Bertz CT molecular complexity index is 555. The molecule has 0 saturated heterocycles. The van der Waals surface area contributed by atoms with Gasteiger partial charge < -0.3 is 11.1 Å². The predicted molar refractivity (Wildman–Crippen MR) is 78.0 cm³/mol. The summed E-state index contributed by atoms with van der Waals surface area (Å²) in [5, 5.41) is 3.21. The fourth-order valence-electron chi connectivity index (χ4n) is 1.57. The minimum absolute atomic E-state index is 0.219. The third-order valence-electron chi connectivity index (χ3n) is 2.47. The Morgan fingerprint density at radius 2 is 1.94 bits per heavy atom. The van der Waals surface area contributed by atoms with Crippen LogP contribution in [0, 0.1) is 16.3 Å². The Hall–Kier alpha value is -1.30. The van der Waals surface area contributed by atoms with Crippen molar-refractivity contribution in [3.63, 3.8) is 0 Å². The van der Waals surface area contributed by atoms with Crippen LogP contribution in [-0.2, 0) is 0 Å². The smallest absolute Gasteiger partial charge is 0.138 e. The summed E-state index contributed by atoms with van der Waals surface area (Å²) in [7, 11) is 0. The quantitative estimate of drug-likeness (QED) is 0.638. The number of nitrogen functional groups attached to an aromatic ring is 1. The van der Waals surface area contributed by atoms with Crippen LogP contribution >= 0.6 is 22.6 Å². The summed E-state index contributed by atoms with van der Waals surface area (Å²) in [6, 6.07) is 10.6. The van der Waals surface area contributed by atoms with Gasteiger partial charge in [-0.2, -0.15) is 0 Å². The largest absolute Gasteiger partial charge is 0.399 e. The Labute approximate surface area is 113 Å². The van der Waals surface area contributed by atoms with E-state index < -0.39 is 0 Å². The van der Waals surface area contributed by atoms with Crippen molar-refractivity contribution < 1.29 is 4.39 Å². The van der Waals surface area contributed by atoms with Crippen LogP contribution in [-0.4, -0.2) is 0 Å². The highest BCUT2D eigenvalue weighted by molar-refractivity contribution is 14.1. The molecule has 0 bridgehead atoms. The van der Waals surface area contributed by atoms with E-state index >= 15 is 0 Å². The van der Waals surface area contributed by atoms with Crippen molar-refractivity contribution in [2.75, 3.05) is 11.1 Å². The van der Waals surface area contributed by atoms with Crippen molar-refractivity contribution in [1.29, 1.82) is 0 Å². The van der Waals surface area contributed by atoms with Gasteiger partial charge in [-0.15, -0.1) is 0 Å². The fourth-order valence-corrected chi connectivity index (χ4v) is 2.07. The summed E-state index contributed by atoms with van der Waals surface area (Å²) in [6.45, 7) is 1.96. The van der Waals surface area contributed by atoms with E-state index in [4.69, 9.17) is 5.73 Å². The Balaban J connectivity index is 2.35. The normalized spacial score (nSPS) is 10.3. The van der Waals surface area contributed by atoms with Gasteiger partial charge in [0.15, 0.2) is 0 Å². The summed E-state index contributed by atoms with van der Waals surface area (Å²) >= 11 is 1.99. The lowest BCUT2D eigenvalue weighted by atomic mass is 10.1. The number of halogens is 2. The van der Waals surface area contributed by atoms with Crippen molar-refractivity contribution >= 4 is 39.7 Å². The molecule has 2 aromatic rings. The molecule has 0 amide bonds. The van der Waals surface area contributed by atoms with E-state index in [-0.39, 0.29) is 5.82 Å². The van der Waals surface area contributed by atoms with Crippen LogP contribution in [0.1, 0.15) is 5.56 Å². The molecule has 0 fully saturated rings. The summed E-state index contributed by atoms with van der Waals surface area (Å²) in [4.78, 5) is 0. The van der Waals surface area contributed by atoms with Crippen molar-refractivity contribution in [2.45, 2.75) is 6.92 Å². The number of hydrogen-bond donors (Lipinski definition) is 2. The minimum Gasteiger partial charge on any atom is -0.399 e. The van der Waals surface area contributed by atoms with Gasteiger partial charge >= 0.3 is 0 Å².